The molecule has 18 heavy (non-hydrogen) atoms. The van der Waals surface area contributed by atoms with Crippen LogP contribution in [0.3, 0.4) is 0 Å². The number of hydrogen-bond acceptors (Lipinski definition) is 4. The number of ether oxygens (including phenoxy) is 1. The van der Waals surface area contributed by atoms with Crippen LogP contribution in [0.2, 0.25) is 0 Å². The summed E-state index contributed by atoms with van der Waals surface area (Å²) in [5, 5.41) is 11.4. The van der Waals surface area contributed by atoms with Crippen molar-refractivity contribution in [2.45, 2.75) is 13.8 Å². The molecule has 2 aromatic rings. The molecule has 1 aromatic heterocycles. The van der Waals surface area contributed by atoms with Crippen LogP contribution in [0.4, 0.5) is 5.82 Å². The Balaban J connectivity index is 2.54. The maximum atomic E-state index is 5.37. The highest BCUT2D eigenvalue weighted by Crippen LogP contribution is 2.30. The first-order chi connectivity index (χ1) is 8.65. The van der Waals surface area contributed by atoms with Gasteiger partial charge in [-0.1, -0.05) is 11.6 Å². The van der Waals surface area contributed by atoms with Crippen molar-refractivity contribution < 1.29 is 4.74 Å². The molecule has 94 valence electrons. The largest absolute Gasteiger partial charge is 0.496 e. The van der Waals surface area contributed by atoms with Gasteiger partial charge in [0.15, 0.2) is 5.82 Å². The highest BCUT2D eigenvalue weighted by Gasteiger charge is 2.09. The average Bonchev–Trinajstić information content (AvgIpc) is 2.38. The van der Waals surface area contributed by atoms with E-state index in [0.29, 0.717) is 0 Å². The average molecular weight is 243 g/mol. The van der Waals surface area contributed by atoms with E-state index in [1.165, 1.54) is 5.56 Å². The lowest BCUT2D eigenvalue weighted by Gasteiger charge is -2.10. The summed E-state index contributed by atoms with van der Waals surface area (Å²) in [5.41, 5.74) is 4.02. The number of anilines is 1. The zero-order valence-electron chi connectivity index (χ0n) is 11.1. The molecule has 1 aromatic carbocycles. The van der Waals surface area contributed by atoms with E-state index in [9.17, 15) is 0 Å². The third kappa shape index (κ3) is 2.27. The van der Waals surface area contributed by atoms with Gasteiger partial charge in [-0.05, 0) is 37.6 Å². The lowest BCUT2D eigenvalue weighted by Crippen LogP contribution is -2.00. The predicted octanol–water partition coefficient (Wildman–Crippen LogP) is 2.81. The molecular formula is C14H17N3O. The first-order valence-corrected chi connectivity index (χ1v) is 5.82. The van der Waals surface area contributed by atoms with Gasteiger partial charge >= 0.3 is 0 Å². The van der Waals surface area contributed by atoms with Crippen LogP contribution in [0.5, 0.6) is 5.75 Å². The van der Waals surface area contributed by atoms with Crippen LogP contribution >= 0.6 is 0 Å². The summed E-state index contributed by atoms with van der Waals surface area (Å²) in [6.07, 6.45) is 0. The van der Waals surface area contributed by atoms with Crippen molar-refractivity contribution in [2.24, 2.45) is 0 Å². The van der Waals surface area contributed by atoms with Crippen molar-refractivity contribution in [3.05, 3.63) is 35.4 Å². The number of benzene rings is 1. The van der Waals surface area contributed by atoms with Gasteiger partial charge in [0.05, 0.1) is 12.8 Å². The maximum absolute atomic E-state index is 5.37. The molecule has 4 nitrogen and oxygen atoms in total. The number of aryl methyl sites for hydroxylation is 2. The zero-order chi connectivity index (χ0) is 13.1. The summed E-state index contributed by atoms with van der Waals surface area (Å²) < 4.78 is 5.37. The van der Waals surface area contributed by atoms with Gasteiger partial charge in [-0.15, -0.1) is 10.2 Å². The second-order valence-corrected chi connectivity index (χ2v) is 4.21. The van der Waals surface area contributed by atoms with Crippen LogP contribution in [0.25, 0.3) is 11.3 Å². The zero-order valence-corrected chi connectivity index (χ0v) is 11.1. The highest BCUT2D eigenvalue weighted by atomic mass is 16.5. The SMILES string of the molecule is CNc1nnc(-c2cc(C)ccc2OC)cc1C. The van der Waals surface area contributed by atoms with Crippen molar-refractivity contribution in [1.82, 2.24) is 10.2 Å². The second-order valence-electron chi connectivity index (χ2n) is 4.21. The molecule has 0 unspecified atom stereocenters. The fourth-order valence-electron chi connectivity index (χ4n) is 1.89. The third-order valence-corrected chi connectivity index (χ3v) is 2.85. The maximum Gasteiger partial charge on any atom is 0.151 e. The molecule has 0 spiro atoms. The van der Waals surface area contributed by atoms with Crippen molar-refractivity contribution in [3.63, 3.8) is 0 Å². The molecule has 0 saturated carbocycles. The Bertz CT molecular complexity index is 567. The quantitative estimate of drug-likeness (QED) is 0.900. The smallest absolute Gasteiger partial charge is 0.151 e. The third-order valence-electron chi connectivity index (χ3n) is 2.85. The van der Waals surface area contributed by atoms with E-state index in [-0.39, 0.29) is 0 Å². The minimum absolute atomic E-state index is 0.797. The van der Waals surface area contributed by atoms with E-state index in [0.717, 1.165) is 28.4 Å². The molecule has 1 N–H and O–H groups in total. The van der Waals surface area contributed by atoms with Crippen LogP contribution in [-0.2, 0) is 0 Å². The Hall–Kier alpha value is -2.10. The summed E-state index contributed by atoms with van der Waals surface area (Å²) in [6, 6.07) is 8.04. The minimum Gasteiger partial charge on any atom is -0.496 e. The van der Waals surface area contributed by atoms with Gasteiger partial charge in [0.25, 0.3) is 0 Å². The van der Waals surface area contributed by atoms with Crippen LogP contribution in [0, 0.1) is 13.8 Å². The molecule has 2 rings (SSSR count). The lowest BCUT2D eigenvalue weighted by molar-refractivity contribution is 0.416. The van der Waals surface area contributed by atoms with Crippen LogP contribution < -0.4 is 10.1 Å². The molecular weight excluding hydrogens is 226 g/mol. The second kappa shape index (κ2) is 5.04. The Morgan fingerprint density at radius 2 is 1.89 bits per heavy atom. The van der Waals surface area contributed by atoms with Gasteiger partial charge < -0.3 is 10.1 Å². The molecule has 0 fully saturated rings. The molecule has 0 aliphatic heterocycles. The van der Waals surface area contributed by atoms with Crippen molar-refractivity contribution in [2.75, 3.05) is 19.5 Å². The van der Waals surface area contributed by atoms with Gasteiger partial charge in [-0.2, -0.15) is 0 Å². The van der Waals surface area contributed by atoms with E-state index in [1.807, 2.05) is 39.1 Å². The molecule has 1 heterocycles. The summed E-state index contributed by atoms with van der Waals surface area (Å²) >= 11 is 0. The van der Waals surface area contributed by atoms with Gasteiger partial charge in [0.2, 0.25) is 0 Å². The summed E-state index contributed by atoms with van der Waals surface area (Å²) in [4.78, 5) is 0. The standard InChI is InChI=1S/C14H17N3O/c1-9-5-6-13(18-4)11(7-9)12-8-10(2)14(15-3)17-16-12/h5-8H,1-4H3,(H,15,17). The summed E-state index contributed by atoms with van der Waals surface area (Å²) in [6.45, 7) is 4.05. The topological polar surface area (TPSA) is 47.0 Å². The first kappa shape index (κ1) is 12.4. The molecule has 0 amide bonds. The van der Waals surface area contributed by atoms with Crippen molar-refractivity contribution in [1.29, 1.82) is 0 Å². The number of hydrogen-bond donors (Lipinski definition) is 1. The fourth-order valence-corrected chi connectivity index (χ4v) is 1.89. The number of nitrogens with zero attached hydrogens (tertiary/aromatic N) is 2. The predicted molar refractivity (Wildman–Crippen MR) is 73.0 cm³/mol. The van der Waals surface area contributed by atoms with Crippen molar-refractivity contribution >= 4 is 5.82 Å². The van der Waals surface area contributed by atoms with E-state index < -0.39 is 0 Å². The molecule has 0 radical (unpaired) electrons. The van der Waals surface area contributed by atoms with Gasteiger partial charge in [0.1, 0.15) is 5.75 Å². The Morgan fingerprint density at radius 3 is 2.50 bits per heavy atom. The monoisotopic (exact) mass is 243 g/mol. The number of aromatic nitrogens is 2. The molecule has 0 aliphatic carbocycles. The van der Waals surface area contributed by atoms with Gasteiger partial charge in [-0.3, -0.25) is 0 Å². The molecule has 0 saturated heterocycles. The molecule has 0 bridgehead atoms. The Kier molecular flexibility index (Phi) is 3.46. The highest BCUT2D eigenvalue weighted by molar-refractivity contribution is 5.69. The number of rotatable bonds is 3. The molecule has 0 aliphatic rings. The molecule has 4 heteroatoms. The summed E-state index contributed by atoms with van der Waals surface area (Å²) in [5.74, 6) is 1.61. The van der Waals surface area contributed by atoms with Crippen LogP contribution in [-0.4, -0.2) is 24.4 Å². The lowest BCUT2D eigenvalue weighted by atomic mass is 10.1. The molecule has 0 atom stereocenters. The van der Waals surface area contributed by atoms with E-state index in [1.54, 1.807) is 7.11 Å². The minimum atomic E-state index is 0.797. The van der Waals surface area contributed by atoms with Crippen LogP contribution in [0.1, 0.15) is 11.1 Å². The number of nitrogens with one attached hydrogen (secondary N) is 1. The van der Waals surface area contributed by atoms with E-state index >= 15 is 0 Å². The Morgan fingerprint density at radius 1 is 1.11 bits per heavy atom. The fraction of sp³-hybridized carbons (Fsp3) is 0.286. The van der Waals surface area contributed by atoms with Crippen LogP contribution in [0.15, 0.2) is 24.3 Å². The Labute approximate surface area is 107 Å². The summed E-state index contributed by atoms with van der Waals surface area (Å²) in [7, 11) is 3.50. The van der Waals surface area contributed by atoms with E-state index in [4.69, 9.17) is 4.74 Å². The van der Waals surface area contributed by atoms with E-state index in [2.05, 4.69) is 21.6 Å². The van der Waals surface area contributed by atoms with Gasteiger partial charge in [-0.25, -0.2) is 0 Å². The normalized spacial score (nSPS) is 10.2. The van der Waals surface area contributed by atoms with Gasteiger partial charge in [0, 0.05) is 12.6 Å². The van der Waals surface area contributed by atoms with Crippen molar-refractivity contribution in [3.8, 4) is 17.0 Å². The number of methoxy groups -OCH3 is 1. The first-order valence-electron chi connectivity index (χ1n) is 5.82.